The molecule has 1 amide bonds. The van der Waals surface area contributed by atoms with Crippen molar-refractivity contribution in [3.05, 3.63) is 46.1 Å². The Hall–Kier alpha value is -2.73. The monoisotopic (exact) mass is 353 g/mol. The third-order valence-electron chi connectivity index (χ3n) is 4.27. The Bertz CT molecular complexity index is 962. The van der Waals surface area contributed by atoms with Crippen LogP contribution in [-0.4, -0.2) is 16.9 Å². The molecule has 1 aromatic carbocycles. The maximum atomic E-state index is 12.0. The van der Waals surface area contributed by atoms with Crippen molar-refractivity contribution in [2.75, 3.05) is 5.32 Å². The standard InChI is InChI=1S/C20H23N3O3/c1-3-4-5-6-13-9-15(24)11-18-19(13)23-16-8-7-14(10-17(16)26-18)22-20(25)12(2)21/h7-12H,3-6,21H2,1-2H3,(H,22,25)/t12-/m0/s1. The van der Waals surface area contributed by atoms with E-state index < -0.39 is 6.04 Å². The van der Waals surface area contributed by atoms with Crippen LogP contribution in [-0.2, 0) is 11.2 Å². The minimum absolute atomic E-state index is 0.0877. The molecule has 1 aliphatic heterocycles. The highest BCUT2D eigenvalue weighted by Gasteiger charge is 2.16. The number of nitrogens with zero attached hydrogens (tertiary/aromatic N) is 1. The third-order valence-corrected chi connectivity index (χ3v) is 4.27. The van der Waals surface area contributed by atoms with Gasteiger partial charge in [0.15, 0.2) is 16.8 Å². The summed E-state index contributed by atoms with van der Waals surface area (Å²) in [5.74, 6) is 0.185. The Morgan fingerprint density at radius 3 is 2.81 bits per heavy atom. The normalized spacial score (nSPS) is 12.4. The predicted octanol–water partition coefficient (Wildman–Crippen LogP) is 3.31. The molecule has 6 nitrogen and oxygen atoms in total. The fourth-order valence-corrected chi connectivity index (χ4v) is 2.86. The van der Waals surface area contributed by atoms with E-state index in [1.807, 2.05) is 0 Å². The summed E-state index contributed by atoms with van der Waals surface area (Å²) in [7, 11) is 0. The number of anilines is 1. The molecule has 0 saturated carbocycles. The smallest absolute Gasteiger partial charge is 0.241 e. The first-order valence-electron chi connectivity index (χ1n) is 8.92. The van der Waals surface area contributed by atoms with Crippen LogP contribution >= 0.6 is 0 Å². The molecule has 3 rings (SSSR count). The summed E-state index contributed by atoms with van der Waals surface area (Å²) < 4.78 is 5.91. The number of fused-ring (bicyclic) bond motifs is 2. The van der Waals surface area contributed by atoms with Crippen LogP contribution in [0.5, 0.6) is 0 Å². The van der Waals surface area contributed by atoms with Gasteiger partial charge in [-0.1, -0.05) is 19.8 Å². The third kappa shape index (κ3) is 3.91. The summed E-state index contributed by atoms with van der Waals surface area (Å²) in [5, 5.41) is 2.73. The molecule has 0 fully saturated rings. The van der Waals surface area contributed by atoms with Gasteiger partial charge in [0, 0.05) is 17.8 Å². The number of aryl methyl sites for hydroxylation is 1. The van der Waals surface area contributed by atoms with Crippen LogP contribution in [0.25, 0.3) is 22.6 Å². The minimum Gasteiger partial charge on any atom is -0.453 e. The molecule has 26 heavy (non-hydrogen) atoms. The lowest BCUT2D eigenvalue weighted by Crippen LogP contribution is -2.32. The molecule has 0 radical (unpaired) electrons. The Kier molecular flexibility index (Phi) is 5.32. The number of amides is 1. The van der Waals surface area contributed by atoms with Crippen molar-refractivity contribution in [2.24, 2.45) is 5.73 Å². The first-order valence-corrected chi connectivity index (χ1v) is 8.92. The molecule has 0 saturated heterocycles. The Balaban J connectivity index is 2.02. The second kappa shape index (κ2) is 7.66. The largest absolute Gasteiger partial charge is 0.453 e. The first kappa shape index (κ1) is 18.1. The number of aromatic nitrogens is 1. The maximum absolute atomic E-state index is 12.0. The molecule has 3 N–H and O–H groups in total. The van der Waals surface area contributed by atoms with Gasteiger partial charge in [0.2, 0.25) is 5.91 Å². The van der Waals surface area contributed by atoms with E-state index in [0.29, 0.717) is 22.5 Å². The number of unbranched alkanes of at least 4 members (excludes halogenated alkanes) is 2. The molecule has 2 aliphatic rings. The fourth-order valence-electron chi connectivity index (χ4n) is 2.86. The topological polar surface area (TPSA) is 98.2 Å². The molecule has 6 heteroatoms. The lowest BCUT2D eigenvalue weighted by molar-refractivity contribution is -0.117. The predicted molar refractivity (Wildman–Crippen MR) is 102 cm³/mol. The van der Waals surface area contributed by atoms with Gasteiger partial charge in [-0.25, -0.2) is 4.98 Å². The molecule has 1 heterocycles. The van der Waals surface area contributed by atoms with Crippen molar-refractivity contribution in [3.8, 4) is 11.5 Å². The number of benzene rings is 2. The number of nitrogens with one attached hydrogen (secondary N) is 1. The van der Waals surface area contributed by atoms with E-state index in [4.69, 9.17) is 10.2 Å². The van der Waals surface area contributed by atoms with Gasteiger partial charge in [0.25, 0.3) is 0 Å². The summed E-state index contributed by atoms with van der Waals surface area (Å²) in [6, 6.07) is 7.73. The summed E-state index contributed by atoms with van der Waals surface area (Å²) >= 11 is 0. The summed E-state index contributed by atoms with van der Waals surface area (Å²) in [6.45, 7) is 3.76. The molecule has 0 bridgehead atoms. The number of carbonyl (C=O) groups excluding carboxylic acids is 1. The van der Waals surface area contributed by atoms with E-state index in [0.717, 1.165) is 36.9 Å². The van der Waals surface area contributed by atoms with E-state index in [1.54, 1.807) is 31.2 Å². The second-order valence-corrected chi connectivity index (χ2v) is 6.56. The Morgan fingerprint density at radius 2 is 2.08 bits per heavy atom. The van der Waals surface area contributed by atoms with Gasteiger partial charge in [-0.3, -0.25) is 9.59 Å². The zero-order valence-corrected chi connectivity index (χ0v) is 15.0. The number of hydrogen-bond donors (Lipinski definition) is 2. The van der Waals surface area contributed by atoms with Crippen LogP contribution in [0.1, 0.15) is 38.7 Å². The number of carbonyl (C=O) groups is 1. The highest BCUT2D eigenvalue weighted by atomic mass is 16.3. The second-order valence-electron chi connectivity index (χ2n) is 6.56. The fraction of sp³-hybridized carbons (Fsp3) is 0.350. The van der Waals surface area contributed by atoms with Crippen LogP contribution in [0.15, 0.2) is 39.5 Å². The van der Waals surface area contributed by atoms with Crippen molar-refractivity contribution in [2.45, 2.75) is 45.6 Å². The van der Waals surface area contributed by atoms with Gasteiger partial charge >= 0.3 is 0 Å². The van der Waals surface area contributed by atoms with Gasteiger partial charge in [0.1, 0.15) is 11.2 Å². The van der Waals surface area contributed by atoms with Crippen molar-refractivity contribution in [3.63, 3.8) is 0 Å². The van der Waals surface area contributed by atoms with Gasteiger partial charge in [-0.05, 0) is 43.5 Å². The summed E-state index contributed by atoms with van der Waals surface area (Å²) in [6.07, 6.45) is 4.04. The quantitative estimate of drug-likeness (QED) is 0.523. The highest BCUT2D eigenvalue weighted by molar-refractivity contribution is 5.96. The van der Waals surface area contributed by atoms with Crippen molar-refractivity contribution in [1.82, 2.24) is 4.98 Å². The van der Waals surface area contributed by atoms with Crippen LogP contribution in [0.3, 0.4) is 0 Å². The number of hydrogen-bond acceptors (Lipinski definition) is 5. The van der Waals surface area contributed by atoms with Crippen LogP contribution in [0.4, 0.5) is 5.69 Å². The zero-order chi connectivity index (χ0) is 18.7. The van der Waals surface area contributed by atoms with E-state index in [2.05, 4.69) is 17.2 Å². The molecule has 1 atom stereocenters. The average molecular weight is 353 g/mol. The Labute approximate surface area is 151 Å². The molecule has 136 valence electrons. The molecule has 0 spiro atoms. The van der Waals surface area contributed by atoms with E-state index in [-0.39, 0.29) is 11.3 Å². The minimum atomic E-state index is -0.605. The van der Waals surface area contributed by atoms with Gasteiger partial charge in [-0.2, -0.15) is 0 Å². The number of nitrogens with two attached hydrogens (primary N) is 1. The number of rotatable bonds is 6. The molecule has 1 aliphatic carbocycles. The lowest BCUT2D eigenvalue weighted by atomic mass is 10.0. The zero-order valence-electron chi connectivity index (χ0n) is 15.0. The van der Waals surface area contributed by atoms with Crippen molar-refractivity contribution < 1.29 is 9.21 Å². The maximum Gasteiger partial charge on any atom is 0.241 e. The highest BCUT2D eigenvalue weighted by Crippen LogP contribution is 2.29. The van der Waals surface area contributed by atoms with Crippen molar-refractivity contribution >= 4 is 22.7 Å². The summed E-state index contributed by atoms with van der Waals surface area (Å²) in [4.78, 5) is 28.4. The van der Waals surface area contributed by atoms with E-state index in [9.17, 15) is 9.59 Å². The SMILES string of the molecule is CCCCCc1cc(=O)cc2oc3cc(NC(=O)[C@H](C)N)ccc3nc1-2. The molecule has 0 aromatic heterocycles. The Morgan fingerprint density at radius 1 is 1.27 bits per heavy atom. The summed E-state index contributed by atoms with van der Waals surface area (Å²) in [5.41, 5.74) is 8.88. The molecular formula is C20H23N3O3. The van der Waals surface area contributed by atoms with E-state index in [1.165, 1.54) is 6.07 Å². The van der Waals surface area contributed by atoms with Crippen molar-refractivity contribution in [1.29, 1.82) is 0 Å². The van der Waals surface area contributed by atoms with Gasteiger partial charge in [-0.15, -0.1) is 0 Å². The van der Waals surface area contributed by atoms with Crippen LogP contribution < -0.4 is 16.5 Å². The molecular weight excluding hydrogens is 330 g/mol. The molecule has 1 aromatic rings. The van der Waals surface area contributed by atoms with Crippen LogP contribution in [0, 0.1) is 0 Å². The first-order chi connectivity index (χ1) is 12.5. The average Bonchev–Trinajstić information content (AvgIpc) is 2.60. The van der Waals surface area contributed by atoms with Gasteiger partial charge < -0.3 is 15.5 Å². The van der Waals surface area contributed by atoms with Gasteiger partial charge in [0.05, 0.1) is 6.04 Å². The van der Waals surface area contributed by atoms with Crippen LogP contribution in [0.2, 0.25) is 0 Å². The van der Waals surface area contributed by atoms with E-state index >= 15 is 0 Å². The molecule has 0 unspecified atom stereocenters. The lowest BCUT2D eigenvalue weighted by Gasteiger charge is -2.12.